The predicted octanol–water partition coefficient (Wildman–Crippen LogP) is 7.51. The van der Waals surface area contributed by atoms with Crippen molar-refractivity contribution in [1.29, 1.82) is 0 Å². The molecule has 3 nitrogen and oxygen atoms in total. The molecule has 0 aliphatic heterocycles. The van der Waals surface area contributed by atoms with Gasteiger partial charge in [0.15, 0.2) is 17.5 Å². The Bertz CT molecular complexity index is 1230. The Hall–Kier alpha value is -3.56. The van der Waals surface area contributed by atoms with E-state index in [2.05, 4.69) is 12.1 Å². The van der Waals surface area contributed by atoms with Crippen molar-refractivity contribution < 1.29 is 0 Å². The zero-order chi connectivity index (χ0) is 21.6. The molecule has 152 valence electrons. The molecule has 0 N–H and O–H groups in total. The predicted molar refractivity (Wildman–Crippen MR) is 130 cm³/mol. The van der Waals surface area contributed by atoms with Gasteiger partial charge >= 0.3 is 0 Å². The Labute approximate surface area is 187 Å². The Morgan fingerprint density at radius 3 is 1.71 bits per heavy atom. The largest absolute Gasteiger partial charge is 0.208 e. The van der Waals surface area contributed by atoms with Crippen LogP contribution < -0.4 is 0 Å². The highest BCUT2D eigenvalue weighted by molar-refractivity contribution is 6.30. The van der Waals surface area contributed by atoms with E-state index in [4.69, 9.17) is 26.6 Å². The minimum atomic E-state index is 0.648. The summed E-state index contributed by atoms with van der Waals surface area (Å²) in [6.45, 7) is 3.97. The number of nitrogens with zero attached hydrogens (tertiary/aromatic N) is 3. The molecule has 0 fully saturated rings. The van der Waals surface area contributed by atoms with Gasteiger partial charge in [0.05, 0.1) is 0 Å². The molecule has 0 saturated heterocycles. The maximum Gasteiger partial charge on any atom is 0.164 e. The molecule has 0 atom stereocenters. The third kappa shape index (κ3) is 4.79. The van der Waals surface area contributed by atoms with Crippen LogP contribution in [-0.2, 0) is 0 Å². The highest BCUT2D eigenvalue weighted by Gasteiger charge is 2.12. The number of benzene rings is 3. The van der Waals surface area contributed by atoms with Crippen molar-refractivity contribution in [3.05, 3.63) is 108 Å². The summed E-state index contributed by atoms with van der Waals surface area (Å²) in [4.78, 5) is 14.3. The zero-order valence-corrected chi connectivity index (χ0v) is 18.2. The van der Waals surface area contributed by atoms with Crippen molar-refractivity contribution in [2.75, 3.05) is 0 Å². The molecule has 3 aromatic carbocycles. The van der Waals surface area contributed by atoms with Gasteiger partial charge in [-0.05, 0) is 37.1 Å². The Kier molecular flexibility index (Phi) is 6.34. The normalized spacial score (nSPS) is 11.8. The van der Waals surface area contributed by atoms with Crippen molar-refractivity contribution in [2.45, 2.75) is 13.8 Å². The van der Waals surface area contributed by atoms with E-state index in [1.54, 1.807) is 0 Å². The van der Waals surface area contributed by atoms with Crippen LogP contribution in [0.2, 0.25) is 5.02 Å². The second kappa shape index (κ2) is 9.50. The van der Waals surface area contributed by atoms with Crippen LogP contribution in [0.25, 0.3) is 39.5 Å². The number of hydrogen-bond donors (Lipinski definition) is 0. The molecular formula is C27H22ClN3. The quantitative estimate of drug-likeness (QED) is 0.312. The second-order valence-corrected chi connectivity index (χ2v) is 7.44. The van der Waals surface area contributed by atoms with Crippen LogP contribution in [0, 0.1) is 0 Å². The third-order valence-corrected chi connectivity index (χ3v) is 5.16. The van der Waals surface area contributed by atoms with Gasteiger partial charge < -0.3 is 0 Å². The van der Waals surface area contributed by atoms with Gasteiger partial charge in [0.2, 0.25) is 0 Å². The Morgan fingerprint density at radius 2 is 1.16 bits per heavy atom. The minimum Gasteiger partial charge on any atom is -0.208 e. The van der Waals surface area contributed by atoms with Gasteiger partial charge in [0.1, 0.15) is 0 Å². The van der Waals surface area contributed by atoms with Crippen molar-refractivity contribution in [3.63, 3.8) is 0 Å². The number of rotatable bonds is 5. The summed E-state index contributed by atoms with van der Waals surface area (Å²) in [5.41, 5.74) is 5.08. The molecule has 1 heterocycles. The first-order valence-corrected chi connectivity index (χ1v) is 10.5. The molecule has 0 aliphatic rings. The van der Waals surface area contributed by atoms with Crippen LogP contribution >= 0.6 is 11.6 Å². The SMILES string of the molecule is C/C=C\C(=C/C)c1nc(-c2ccccc2)nc(-c2ccc(-c3ccc(Cl)cc3)cc2)n1. The molecule has 0 aliphatic carbocycles. The number of allylic oxidation sites excluding steroid dienone is 4. The molecule has 31 heavy (non-hydrogen) atoms. The van der Waals surface area contributed by atoms with Gasteiger partial charge in [0.25, 0.3) is 0 Å². The van der Waals surface area contributed by atoms with E-state index in [1.165, 1.54) is 0 Å². The fraction of sp³-hybridized carbons (Fsp3) is 0.0741. The molecule has 0 unspecified atom stereocenters. The van der Waals surface area contributed by atoms with E-state index < -0.39 is 0 Å². The summed E-state index contributed by atoms with van der Waals surface area (Å²) in [7, 11) is 0. The third-order valence-electron chi connectivity index (χ3n) is 4.90. The van der Waals surface area contributed by atoms with Crippen LogP contribution in [0.1, 0.15) is 19.7 Å². The van der Waals surface area contributed by atoms with Gasteiger partial charge in [-0.25, -0.2) is 15.0 Å². The summed E-state index contributed by atoms with van der Waals surface area (Å²) in [6.07, 6.45) is 6.01. The Morgan fingerprint density at radius 1 is 0.645 bits per heavy atom. The van der Waals surface area contributed by atoms with E-state index in [-0.39, 0.29) is 0 Å². The number of hydrogen-bond acceptors (Lipinski definition) is 3. The van der Waals surface area contributed by atoms with Crippen LogP contribution in [-0.4, -0.2) is 15.0 Å². The standard InChI is InChI=1S/C27H22ClN3/c1-3-8-19(4-2)25-29-26(22-9-6-5-7-10-22)31-27(30-25)23-13-11-20(12-14-23)21-15-17-24(28)18-16-21/h3-18H,1-2H3/b8-3-,19-4+. The van der Waals surface area contributed by atoms with Gasteiger partial charge in [-0.1, -0.05) is 96.6 Å². The van der Waals surface area contributed by atoms with Crippen LogP contribution in [0.15, 0.2) is 97.1 Å². The fourth-order valence-electron chi connectivity index (χ4n) is 3.28. The number of aromatic nitrogens is 3. The monoisotopic (exact) mass is 423 g/mol. The van der Waals surface area contributed by atoms with Gasteiger partial charge in [0, 0.05) is 21.7 Å². The molecule has 0 radical (unpaired) electrons. The summed E-state index contributed by atoms with van der Waals surface area (Å²) in [5.74, 6) is 1.97. The average molecular weight is 424 g/mol. The summed E-state index contributed by atoms with van der Waals surface area (Å²) in [5, 5.41) is 0.729. The van der Waals surface area contributed by atoms with Crippen molar-refractivity contribution in [2.24, 2.45) is 0 Å². The topological polar surface area (TPSA) is 38.7 Å². The molecular weight excluding hydrogens is 402 g/mol. The van der Waals surface area contributed by atoms with Crippen molar-refractivity contribution in [1.82, 2.24) is 15.0 Å². The smallest absolute Gasteiger partial charge is 0.164 e. The van der Waals surface area contributed by atoms with Crippen LogP contribution in [0.5, 0.6) is 0 Å². The summed E-state index contributed by atoms with van der Waals surface area (Å²) in [6, 6.07) is 26.1. The molecule has 4 aromatic rings. The van der Waals surface area contributed by atoms with E-state index in [0.717, 1.165) is 32.8 Å². The van der Waals surface area contributed by atoms with E-state index >= 15 is 0 Å². The lowest BCUT2D eigenvalue weighted by Gasteiger charge is -2.09. The van der Waals surface area contributed by atoms with E-state index in [1.807, 2.05) is 98.8 Å². The number of halogens is 1. The Balaban J connectivity index is 1.79. The van der Waals surface area contributed by atoms with E-state index in [0.29, 0.717) is 17.5 Å². The molecule has 0 spiro atoms. The second-order valence-electron chi connectivity index (χ2n) is 7.00. The molecule has 0 amide bonds. The summed E-state index contributed by atoms with van der Waals surface area (Å²) >= 11 is 6.01. The summed E-state index contributed by atoms with van der Waals surface area (Å²) < 4.78 is 0. The molecule has 4 heteroatoms. The van der Waals surface area contributed by atoms with Crippen LogP contribution in [0.4, 0.5) is 0 Å². The molecule has 0 bridgehead atoms. The highest BCUT2D eigenvalue weighted by Crippen LogP contribution is 2.27. The first kappa shape index (κ1) is 20.7. The highest BCUT2D eigenvalue weighted by atomic mass is 35.5. The average Bonchev–Trinajstić information content (AvgIpc) is 2.83. The maximum atomic E-state index is 6.01. The molecule has 0 saturated carbocycles. The van der Waals surface area contributed by atoms with Gasteiger partial charge in [-0.2, -0.15) is 0 Å². The van der Waals surface area contributed by atoms with Crippen molar-refractivity contribution >= 4 is 17.2 Å². The zero-order valence-electron chi connectivity index (χ0n) is 17.5. The lowest BCUT2D eigenvalue weighted by molar-refractivity contribution is 1.04. The maximum absolute atomic E-state index is 6.01. The lowest BCUT2D eigenvalue weighted by atomic mass is 10.0. The van der Waals surface area contributed by atoms with E-state index in [9.17, 15) is 0 Å². The fourth-order valence-corrected chi connectivity index (χ4v) is 3.41. The van der Waals surface area contributed by atoms with Crippen molar-refractivity contribution in [3.8, 4) is 33.9 Å². The van der Waals surface area contributed by atoms with Gasteiger partial charge in [-0.15, -0.1) is 0 Å². The molecule has 4 rings (SSSR count). The lowest BCUT2D eigenvalue weighted by Crippen LogP contribution is -2.02. The first-order valence-electron chi connectivity index (χ1n) is 10.1. The van der Waals surface area contributed by atoms with Gasteiger partial charge in [-0.3, -0.25) is 0 Å². The molecule has 1 aromatic heterocycles. The van der Waals surface area contributed by atoms with Crippen LogP contribution in [0.3, 0.4) is 0 Å². The minimum absolute atomic E-state index is 0.648. The first-order chi connectivity index (χ1) is 15.2.